The SMILES string of the molecule is N#Cc1cc(N(CC2CC2)C2CC2)ccc1[N+](=O)[O-]. The van der Waals surface area contributed by atoms with Gasteiger partial charge in [-0.25, -0.2) is 0 Å². The van der Waals surface area contributed by atoms with Crippen molar-refractivity contribution in [2.75, 3.05) is 11.4 Å². The Morgan fingerprint density at radius 2 is 2.11 bits per heavy atom. The maximum atomic E-state index is 10.8. The Bertz CT molecular complexity index is 556. The van der Waals surface area contributed by atoms with Crippen LogP contribution in [0.15, 0.2) is 18.2 Å². The summed E-state index contributed by atoms with van der Waals surface area (Å²) < 4.78 is 0. The molecule has 19 heavy (non-hydrogen) atoms. The van der Waals surface area contributed by atoms with Crippen molar-refractivity contribution in [3.8, 4) is 6.07 Å². The van der Waals surface area contributed by atoms with Crippen molar-refractivity contribution in [2.24, 2.45) is 5.92 Å². The maximum Gasteiger partial charge on any atom is 0.287 e. The van der Waals surface area contributed by atoms with Gasteiger partial charge in [0.2, 0.25) is 0 Å². The van der Waals surface area contributed by atoms with E-state index in [1.165, 1.54) is 31.7 Å². The third-order valence-electron chi connectivity index (χ3n) is 3.77. The molecule has 0 N–H and O–H groups in total. The van der Waals surface area contributed by atoms with Gasteiger partial charge >= 0.3 is 0 Å². The van der Waals surface area contributed by atoms with Gasteiger partial charge in [0, 0.05) is 24.3 Å². The summed E-state index contributed by atoms with van der Waals surface area (Å²) in [6.45, 7) is 1.02. The minimum Gasteiger partial charge on any atom is -0.368 e. The van der Waals surface area contributed by atoms with Crippen molar-refractivity contribution in [3.63, 3.8) is 0 Å². The number of nitriles is 1. The number of anilines is 1. The predicted molar refractivity (Wildman–Crippen MR) is 70.9 cm³/mol. The topological polar surface area (TPSA) is 70.2 Å². The largest absolute Gasteiger partial charge is 0.368 e. The Balaban J connectivity index is 1.90. The zero-order valence-corrected chi connectivity index (χ0v) is 10.6. The highest BCUT2D eigenvalue weighted by molar-refractivity contribution is 5.60. The first-order valence-electron chi connectivity index (χ1n) is 6.64. The van der Waals surface area contributed by atoms with Gasteiger partial charge in [0.15, 0.2) is 0 Å². The van der Waals surface area contributed by atoms with Crippen LogP contribution in [0, 0.1) is 27.4 Å². The molecule has 0 radical (unpaired) electrons. The standard InChI is InChI=1S/C14H15N3O2/c15-8-11-7-13(5-6-14(11)17(18)19)16(12-3-4-12)9-10-1-2-10/h5-7,10,12H,1-4,9H2. The summed E-state index contributed by atoms with van der Waals surface area (Å²) in [5.41, 5.74) is 1.01. The molecular formula is C14H15N3O2. The quantitative estimate of drug-likeness (QED) is 0.600. The molecule has 2 fully saturated rings. The number of hydrogen-bond acceptors (Lipinski definition) is 4. The fraction of sp³-hybridized carbons (Fsp3) is 0.500. The Hall–Kier alpha value is -2.09. The molecule has 5 nitrogen and oxygen atoms in total. The molecule has 2 saturated carbocycles. The number of nitrogens with zero attached hydrogens (tertiary/aromatic N) is 3. The van der Waals surface area contributed by atoms with E-state index in [2.05, 4.69) is 4.90 Å². The molecule has 0 atom stereocenters. The summed E-state index contributed by atoms with van der Waals surface area (Å²) in [6, 6.07) is 7.39. The summed E-state index contributed by atoms with van der Waals surface area (Å²) >= 11 is 0. The number of nitro groups is 1. The summed E-state index contributed by atoms with van der Waals surface area (Å²) in [4.78, 5) is 12.7. The van der Waals surface area contributed by atoms with E-state index in [4.69, 9.17) is 5.26 Å². The van der Waals surface area contributed by atoms with Crippen molar-refractivity contribution in [3.05, 3.63) is 33.9 Å². The third kappa shape index (κ3) is 2.53. The second-order valence-corrected chi connectivity index (χ2v) is 5.40. The van der Waals surface area contributed by atoms with Gasteiger partial charge in [0.1, 0.15) is 11.6 Å². The zero-order chi connectivity index (χ0) is 13.4. The molecule has 1 aromatic carbocycles. The number of hydrogen-bond donors (Lipinski definition) is 0. The second-order valence-electron chi connectivity index (χ2n) is 5.40. The van der Waals surface area contributed by atoms with Crippen LogP contribution in [-0.2, 0) is 0 Å². The van der Waals surface area contributed by atoms with E-state index in [0.717, 1.165) is 18.2 Å². The molecule has 0 heterocycles. The van der Waals surface area contributed by atoms with Crippen LogP contribution in [0.4, 0.5) is 11.4 Å². The molecule has 3 rings (SSSR count). The number of benzene rings is 1. The zero-order valence-electron chi connectivity index (χ0n) is 10.6. The highest BCUT2D eigenvalue weighted by Gasteiger charge is 2.34. The van der Waals surface area contributed by atoms with Gasteiger partial charge in [-0.05, 0) is 43.7 Å². The molecule has 2 aliphatic rings. The van der Waals surface area contributed by atoms with Crippen LogP contribution >= 0.6 is 0 Å². The van der Waals surface area contributed by atoms with E-state index >= 15 is 0 Å². The fourth-order valence-corrected chi connectivity index (χ4v) is 2.38. The first kappa shape index (κ1) is 12.0. The van der Waals surface area contributed by atoms with E-state index in [1.54, 1.807) is 12.1 Å². The molecule has 0 saturated heterocycles. The molecule has 0 aromatic heterocycles. The van der Waals surface area contributed by atoms with Crippen molar-refractivity contribution in [2.45, 2.75) is 31.7 Å². The summed E-state index contributed by atoms with van der Waals surface area (Å²) in [7, 11) is 0. The summed E-state index contributed by atoms with van der Waals surface area (Å²) in [5.74, 6) is 0.765. The van der Waals surface area contributed by atoms with E-state index in [9.17, 15) is 10.1 Å². The average molecular weight is 257 g/mol. The van der Waals surface area contributed by atoms with Crippen LogP contribution in [0.3, 0.4) is 0 Å². The van der Waals surface area contributed by atoms with Crippen LogP contribution < -0.4 is 4.90 Å². The molecule has 0 amide bonds. The molecule has 2 aliphatic carbocycles. The van der Waals surface area contributed by atoms with E-state index in [1.807, 2.05) is 6.07 Å². The lowest BCUT2D eigenvalue weighted by Gasteiger charge is -2.24. The van der Waals surface area contributed by atoms with Gasteiger partial charge in [0.25, 0.3) is 5.69 Å². The van der Waals surface area contributed by atoms with Gasteiger partial charge in [-0.1, -0.05) is 0 Å². The van der Waals surface area contributed by atoms with Gasteiger partial charge in [-0.15, -0.1) is 0 Å². The minimum absolute atomic E-state index is 0.103. The van der Waals surface area contributed by atoms with Crippen LogP contribution in [0.1, 0.15) is 31.2 Å². The smallest absolute Gasteiger partial charge is 0.287 e. The van der Waals surface area contributed by atoms with Crippen molar-refractivity contribution >= 4 is 11.4 Å². The van der Waals surface area contributed by atoms with Crippen LogP contribution in [-0.4, -0.2) is 17.5 Å². The van der Waals surface area contributed by atoms with Gasteiger partial charge in [-0.3, -0.25) is 10.1 Å². The molecule has 0 unspecified atom stereocenters. The van der Waals surface area contributed by atoms with E-state index in [-0.39, 0.29) is 11.3 Å². The van der Waals surface area contributed by atoms with Crippen LogP contribution in [0.25, 0.3) is 0 Å². The Morgan fingerprint density at radius 3 is 2.63 bits per heavy atom. The lowest BCUT2D eigenvalue weighted by atomic mass is 10.1. The van der Waals surface area contributed by atoms with Gasteiger partial charge in [-0.2, -0.15) is 5.26 Å². The molecular weight excluding hydrogens is 242 g/mol. The number of nitro benzene ring substituents is 1. The normalized spacial score (nSPS) is 17.8. The van der Waals surface area contributed by atoms with Gasteiger partial charge in [0.05, 0.1) is 4.92 Å². The molecule has 0 spiro atoms. The third-order valence-corrected chi connectivity index (χ3v) is 3.77. The predicted octanol–water partition coefficient (Wildman–Crippen LogP) is 2.85. The molecule has 98 valence electrons. The molecule has 0 bridgehead atoms. The highest BCUT2D eigenvalue weighted by atomic mass is 16.6. The monoisotopic (exact) mass is 257 g/mol. The lowest BCUT2D eigenvalue weighted by molar-refractivity contribution is -0.385. The summed E-state index contributed by atoms with van der Waals surface area (Å²) in [5, 5.41) is 19.9. The Morgan fingerprint density at radius 1 is 1.37 bits per heavy atom. The van der Waals surface area contributed by atoms with Crippen molar-refractivity contribution in [1.29, 1.82) is 5.26 Å². The van der Waals surface area contributed by atoms with Crippen LogP contribution in [0.2, 0.25) is 0 Å². The van der Waals surface area contributed by atoms with Crippen molar-refractivity contribution < 1.29 is 4.92 Å². The summed E-state index contributed by atoms with van der Waals surface area (Å²) in [6.07, 6.45) is 4.93. The first-order valence-corrected chi connectivity index (χ1v) is 6.64. The minimum atomic E-state index is -0.495. The Kier molecular flexibility index (Phi) is 2.86. The van der Waals surface area contributed by atoms with E-state index < -0.39 is 4.92 Å². The fourth-order valence-electron chi connectivity index (χ4n) is 2.38. The molecule has 5 heteroatoms. The van der Waals surface area contributed by atoms with Crippen LogP contribution in [0.5, 0.6) is 0 Å². The maximum absolute atomic E-state index is 10.8. The molecule has 1 aromatic rings. The average Bonchev–Trinajstić information content (AvgIpc) is 3.27. The van der Waals surface area contributed by atoms with Crippen molar-refractivity contribution in [1.82, 2.24) is 0 Å². The Labute approximate surface area is 111 Å². The van der Waals surface area contributed by atoms with E-state index in [0.29, 0.717) is 6.04 Å². The molecule has 0 aliphatic heterocycles. The highest BCUT2D eigenvalue weighted by Crippen LogP contribution is 2.38. The number of rotatable bonds is 5. The van der Waals surface area contributed by atoms with Gasteiger partial charge < -0.3 is 4.90 Å². The lowest BCUT2D eigenvalue weighted by Crippen LogP contribution is -2.28. The second kappa shape index (κ2) is 4.54. The first-order chi connectivity index (χ1) is 9.19.